The van der Waals surface area contributed by atoms with Gasteiger partial charge in [-0.15, -0.1) is 0 Å². The quantitative estimate of drug-likeness (QED) is 0.892. The molecule has 4 nitrogen and oxygen atoms in total. The van der Waals surface area contributed by atoms with Crippen LogP contribution in [0.5, 0.6) is 0 Å². The van der Waals surface area contributed by atoms with E-state index in [2.05, 4.69) is 10.2 Å². The summed E-state index contributed by atoms with van der Waals surface area (Å²) >= 11 is 6.08. The van der Waals surface area contributed by atoms with Gasteiger partial charge in [-0.25, -0.2) is 0 Å². The molecule has 2 N–H and O–H groups in total. The maximum Gasteiger partial charge on any atom is 0.253 e. The number of aliphatic hydroxyl groups is 1. The molecule has 2 aliphatic rings. The molecule has 126 valence electrons. The largest absolute Gasteiger partial charge is 0.391 e. The summed E-state index contributed by atoms with van der Waals surface area (Å²) in [5.74, 6) is -0.0910. The van der Waals surface area contributed by atoms with Crippen molar-refractivity contribution in [1.82, 2.24) is 10.2 Å². The average molecular weight is 337 g/mol. The predicted molar refractivity (Wildman–Crippen MR) is 91.8 cm³/mol. The van der Waals surface area contributed by atoms with Gasteiger partial charge >= 0.3 is 0 Å². The molecule has 1 saturated heterocycles. The fourth-order valence-electron chi connectivity index (χ4n) is 3.80. The summed E-state index contributed by atoms with van der Waals surface area (Å²) < 4.78 is 0. The van der Waals surface area contributed by atoms with Gasteiger partial charge in [0, 0.05) is 25.2 Å². The number of carbonyl (C=O) groups excluding carboxylic acids is 1. The molecule has 1 aromatic rings. The third-order valence-electron chi connectivity index (χ3n) is 5.15. The first kappa shape index (κ1) is 16.7. The molecular formula is C18H25ClN2O2. The first-order chi connectivity index (χ1) is 11.1. The minimum atomic E-state index is -0.182. The number of hydrogen-bond acceptors (Lipinski definition) is 3. The summed E-state index contributed by atoms with van der Waals surface area (Å²) in [5, 5.41) is 13.8. The Balaban J connectivity index is 1.51. The zero-order chi connectivity index (χ0) is 16.2. The average Bonchev–Trinajstić information content (AvgIpc) is 2.56. The van der Waals surface area contributed by atoms with Crippen LogP contribution in [0.2, 0.25) is 5.02 Å². The molecule has 3 rings (SSSR count). The van der Waals surface area contributed by atoms with E-state index < -0.39 is 0 Å². The first-order valence-electron chi connectivity index (χ1n) is 8.62. The maximum atomic E-state index is 12.3. The Labute approximate surface area is 142 Å². The van der Waals surface area contributed by atoms with Crippen molar-refractivity contribution in [3.63, 3.8) is 0 Å². The van der Waals surface area contributed by atoms with E-state index in [-0.39, 0.29) is 18.1 Å². The molecule has 0 spiro atoms. The van der Waals surface area contributed by atoms with Gasteiger partial charge in [-0.2, -0.15) is 0 Å². The number of halogens is 1. The highest BCUT2D eigenvalue weighted by atomic mass is 35.5. The molecule has 1 aromatic carbocycles. The van der Waals surface area contributed by atoms with Crippen molar-refractivity contribution in [3.05, 3.63) is 34.9 Å². The standard InChI is InChI=1S/C18H25ClN2O2/c19-15-6-2-1-5-14(15)18(23)20-13-9-11-21(12-10-13)16-7-3-4-8-17(16)22/h1-2,5-6,13,16-17,22H,3-4,7-12H2,(H,20,23). The van der Waals surface area contributed by atoms with Crippen molar-refractivity contribution in [2.24, 2.45) is 0 Å². The summed E-state index contributed by atoms with van der Waals surface area (Å²) in [5.41, 5.74) is 0.541. The van der Waals surface area contributed by atoms with Crippen LogP contribution in [0.3, 0.4) is 0 Å². The van der Waals surface area contributed by atoms with Crippen LogP contribution in [0, 0.1) is 0 Å². The molecule has 0 aromatic heterocycles. The van der Waals surface area contributed by atoms with Crippen LogP contribution >= 0.6 is 11.6 Å². The fraction of sp³-hybridized carbons (Fsp3) is 0.611. The van der Waals surface area contributed by atoms with E-state index in [4.69, 9.17) is 11.6 Å². The second-order valence-corrected chi connectivity index (χ2v) is 7.09. The molecule has 5 heteroatoms. The Morgan fingerprint density at radius 1 is 1.13 bits per heavy atom. The number of hydrogen-bond donors (Lipinski definition) is 2. The van der Waals surface area contributed by atoms with Gasteiger partial charge in [-0.3, -0.25) is 9.69 Å². The molecule has 0 bridgehead atoms. The van der Waals surface area contributed by atoms with Crippen LogP contribution in [0.25, 0.3) is 0 Å². The minimum absolute atomic E-state index is 0.0910. The number of aliphatic hydroxyl groups excluding tert-OH is 1. The zero-order valence-corrected chi connectivity index (χ0v) is 14.1. The van der Waals surface area contributed by atoms with Gasteiger partial charge in [0.25, 0.3) is 5.91 Å². The fourth-order valence-corrected chi connectivity index (χ4v) is 4.02. The van der Waals surface area contributed by atoms with Gasteiger partial charge < -0.3 is 10.4 Å². The number of rotatable bonds is 3. The SMILES string of the molecule is O=C(NC1CCN(C2CCCCC2O)CC1)c1ccccc1Cl. The van der Waals surface area contributed by atoms with Gasteiger partial charge in [0.15, 0.2) is 0 Å². The van der Waals surface area contributed by atoms with Crippen molar-refractivity contribution in [3.8, 4) is 0 Å². The van der Waals surface area contributed by atoms with Crippen molar-refractivity contribution in [2.75, 3.05) is 13.1 Å². The van der Waals surface area contributed by atoms with Gasteiger partial charge in [0.2, 0.25) is 0 Å². The number of nitrogens with zero attached hydrogens (tertiary/aromatic N) is 1. The second-order valence-electron chi connectivity index (χ2n) is 6.68. The molecule has 2 unspecified atom stereocenters. The lowest BCUT2D eigenvalue weighted by Gasteiger charge is -2.41. The molecule has 1 amide bonds. The smallest absolute Gasteiger partial charge is 0.253 e. The molecule has 2 fully saturated rings. The molecule has 1 aliphatic heterocycles. The Morgan fingerprint density at radius 3 is 2.52 bits per heavy atom. The van der Waals surface area contributed by atoms with Crippen LogP contribution in [0.15, 0.2) is 24.3 Å². The molecule has 2 atom stereocenters. The van der Waals surface area contributed by atoms with E-state index >= 15 is 0 Å². The van der Waals surface area contributed by atoms with Gasteiger partial charge in [0.05, 0.1) is 16.7 Å². The Hall–Kier alpha value is -1.10. The highest BCUT2D eigenvalue weighted by Crippen LogP contribution is 2.26. The monoisotopic (exact) mass is 336 g/mol. The van der Waals surface area contributed by atoms with Crippen molar-refractivity contribution in [2.45, 2.75) is 56.7 Å². The van der Waals surface area contributed by atoms with Crippen LogP contribution in [-0.4, -0.2) is 47.2 Å². The second kappa shape index (κ2) is 7.65. The van der Waals surface area contributed by atoms with Gasteiger partial charge in [-0.05, 0) is 37.8 Å². The molecule has 23 heavy (non-hydrogen) atoms. The third-order valence-corrected chi connectivity index (χ3v) is 5.48. The number of likely N-dealkylation sites (tertiary alicyclic amines) is 1. The Bertz CT molecular complexity index is 544. The van der Waals surface area contributed by atoms with Gasteiger partial charge in [-0.1, -0.05) is 36.6 Å². The zero-order valence-electron chi connectivity index (χ0n) is 13.4. The number of piperidine rings is 1. The van der Waals surface area contributed by atoms with Crippen LogP contribution < -0.4 is 5.32 Å². The van der Waals surface area contributed by atoms with Crippen molar-refractivity contribution < 1.29 is 9.90 Å². The summed E-state index contributed by atoms with van der Waals surface area (Å²) in [6, 6.07) is 7.65. The van der Waals surface area contributed by atoms with E-state index in [0.717, 1.165) is 45.2 Å². The van der Waals surface area contributed by atoms with Gasteiger partial charge in [0.1, 0.15) is 0 Å². The highest BCUT2D eigenvalue weighted by molar-refractivity contribution is 6.33. The van der Waals surface area contributed by atoms with Crippen molar-refractivity contribution >= 4 is 17.5 Å². The molecule has 0 radical (unpaired) electrons. The van der Waals surface area contributed by atoms with E-state index in [1.54, 1.807) is 12.1 Å². The molecule has 1 heterocycles. The lowest BCUT2D eigenvalue weighted by molar-refractivity contribution is 0.00727. The predicted octanol–water partition coefficient (Wildman–Crippen LogP) is 2.84. The van der Waals surface area contributed by atoms with Crippen LogP contribution in [0.1, 0.15) is 48.9 Å². The topological polar surface area (TPSA) is 52.6 Å². The molecule has 1 aliphatic carbocycles. The third kappa shape index (κ3) is 4.06. The highest BCUT2D eigenvalue weighted by Gasteiger charge is 2.31. The van der Waals surface area contributed by atoms with Crippen LogP contribution in [0.4, 0.5) is 0 Å². The van der Waals surface area contributed by atoms with Crippen molar-refractivity contribution in [1.29, 1.82) is 0 Å². The lowest BCUT2D eigenvalue weighted by atomic mass is 9.89. The Kier molecular flexibility index (Phi) is 5.57. The molecule has 1 saturated carbocycles. The molecular weight excluding hydrogens is 312 g/mol. The van der Waals surface area contributed by atoms with Crippen LogP contribution in [-0.2, 0) is 0 Å². The normalized spacial score (nSPS) is 26.9. The number of nitrogens with one attached hydrogen (secondary N) is 1. The summed E-state index contributed by atoms with van der Waals surface area (Å²) in [4.78, 5) is 14.7. The Morgan fingerprint density at radius 2 is 1.83 bits per heavy atom. The maximum absolute atomic E-state index is 12.3. The van der Waals surface area contributed by atoms with E-state index in [0.29, 0.717) is 16.6 Å². The lowest BCUT2D eigenvalue weighted by Crippen LogP contribution is -2.52. The van der Waals surface area contributed by atoms with E-state index in [1.807, 2.05) is 12.1 Å². The van der Waals surface area contributed by atoms with E-state index in [9.17, 15) is 9.90 Å². The first-order valence-corrected chi connectivity index (χ1v) is 9.00. The minimum Gasteiger partial charge on any atom is -0.391 e. The number of amides is 1. The van der Waals surface area contributed by atoms with E-state index in [1.165, 1.54) is 6.42 Å². The summed E-state index contributed by atoms with van der Waals surface area (Å²) in [6.07, 6.45) is 6.05. The number of carbonyl (C=O) groups is 1. The summed E-state index contributed by atoms with van der Waals surface area (Å²) in [6.45, 7) is 1.88. The number of benzene rings is 1. The summed E-state index contributed by atoms with van der Waals surface area (Å²) in [7, 11) is 0.